The first kappa shape index (κ1) is 25.3. The Kier molecular flexibility index (Phi) is 10.7. The van der Waals surface area contributed by atoms with Gasteiger partial charge in [0.05, 0.1) is 11.1 Å². The number of benzene rings is 2. The zero-order valence-electron chi connectivity index (χ0n) is 16.8. The van der Waals surface area contributed by atoms with Gasteiger partial charge in [0, 0.05) is 5.41 Å². The van der Waals surface area contributed by atoms with Gasteiger partial charge in [-0.1, -0.05) is 63.6 Å². The van der Waals surface area contributed by atoms with Crippen molar-refractivity contribution in [3.8, 4) is 0 Å². The van der Waals surface area contributed by atoms with E-state index in [1.54, 1.807) is 60.7 Å². The quantitative estimate of drug-likeness (QED) is 0.566. The molecule has 0 aromatic heterocycles. The lowest BCUT2D eigenvalue weighted by Crippen LogP contribution is -2.41. The minimum absolute atomic E-state index is 0.331. The van der Waals surface area contributed by atoms with Gasteiger partial charge in [0.25, 0.3) is 0 Å². The molecule has 0 atom stereocenters. The molecule has 0 unspecified atom stereocenters. The van der Waals surface area contributed by atoms with E-state index in [0.29, 0.717) is 11.1 Å². The Morgan fingerprint density at radius 2 is 1.07 bits per heavy atom. The maximum atomic E-state index is 10.2. The van der Waals surface area contributed by atoms with E-state index in [1.807, 2.05) is 20.8 Å². The van der Waals surface area contributed by atoms with Crippen LogP contribution in [0.5, 0.6) is 0 Å². The molecule has 154 valence electrons. The van der Waals surface area contributed by atoms with E-state index in [4.69, 9.17) is 10.2 Å². The fraction of sp³-hybridized carbons (Fsp3) is 0.364. The van der Waals surface area contributed by atoms with Crippen molar-refractivity contribution in [2.24, 2.45) is 5.41 Å². The van der Waals surface area contributed by atoms with Crippen LogP contribution in [-0.2, 0) is 0 Å². The van der Waals surface area contributed by atoms with Gasteiger partial charge in [-0.3, -0.25) is 0 Å². The zero-order chi connectivity index (χ0) is 21.8. The highest BCUT2D eigenvalue weighted by atomic mass is 16.5. The average molecular weight is 390 g/mol. The number of aromatic carboxylic acids is 2. The summed E-state index contributed by atoms with van der Waals surface area (Å²) in [7, 11) is 0. The minimum Gasteiger partial charge on any atom is -0.478 e. The van der Waals surface area contributed by atoms with Crippen molar-refractivity contribution < 1.29 is 30.0 Å². The third-order valence-electron chi connectivity index (χ3n) is 4.20. The van der Waals surface area contributed by atoms with Gasteiger partial charge in [0.2, 0.25) is 0 Å². The summed E-state index contributed by atoms with van der Waals surface area (Å²) in [4.78, 5) is 20.4. The molecule has 2 aromatic carbocycles. The van der Waals surface area contributed by atoms with Crippen molar-refractivity contribution in [1.29, 1.82) is 0 Å². The van der Waals surface area contributed by atoms with Gasteiger partial charge in [-0.25, -0.2) is 9.59 Å². The Labute approximate surface area is 166 Å². The van der Waals surface area contributed by atoms with Crippen LogP contribution in [0.4, 0.5) is 0 Å². The van der Waals surface area contributed by atoms with Gasteiger partial charge in [-0.05, 0) is 37.6 Å². The largest absolute Gasteiger partial charge is 0.478 e. The normalized spacial score (nSPS) is 10.6. The molecule has 0 radical (unpaired) electrons. The van der Waals surface area contributed by atoms with Crippen molar-refractivity contribution in [3.63, 3.8) is 0 Å². The fourth-order valence-corrected chi connectivity index (χ4v) is 2.02. The Morgan fingerprint density at radius 3 is 1.21 bits per heavy atom. The number of rotatable bonds is 5. The van der Waals surface area contributed by atoms with Crippen LogP contribution in [0.25, 0.3) is 0 Å². The van der Waals surface area contributed by atoms with Gasteiger partial charge < -0.3 is 20.4 Å². The predicted molar refractivity (Wildman–Crippen MR) is 108 cm³/mol. The minimum atomic E-state index is -1.55. The lowest BCUT2D eigenvalue weighted by molar-refractivity contribution is -0.220. The molecule has 0 aliphatic heterocycles. The smallest absolute Gasteiger partial charge is 0.335 e. The Bertz CT molecular complexity index is 653. The molecule has 0 amide bonds. The van der Waals surface area contributed by atoms with E-state index in [2.05, 4.69) is 0 Å². The van der Waals surface area contributed by atoms with Crippen molar-refractivity contribution >= 4 is 11.9 Å². The lowest BCUT2D eigenvalue weighted by atomic mass is 9.80. The van der Waals surface area contributed by atoms with Gasteiger partial charge in [0.1, 0.15) is 0 Å². The van der Waals surface area contributed by atoms with Crippen LogP contribution in [0.1, 0.15) is 61.3 Å². The first-order valence-electron chi connectivity index (χ1n) is 8.93. The Balaban J connectivity index is 0.000000391. The van der Waals surface area contributed by atoms with Crippen molar-refractivity contribution in [3.05, 3.63) is 71.8 Å². The molecule has 0 spiro atoms. The predicted octanol–water partition coefficient (Wildman–Crippen LogP) is 4.28. The highest BCUT2D eigenvalue weighted by Gasteiger charge is 2.36. The fourth-order valence-electron chi connectivity index (χ4n) is 2.02. The Morgan fingerprint density at radius 1 is 0.750 bits per heavy atom. The SMILES string of the molecule is CCCC(C)(C)C(C)(O)O.O=C(O)c1ccccc1.O=C(O)c1ccccc1. The zero-order valence-corrected chi connectivity index (χ0v) is 16.8. The third kappa shape index (κ3) is 9.85. The van der Waals surface area contributed by atoms with Crippen molar-refractivity contribution in [2.45, 2.75) is 46.3 Å². The summed E-state index contributed by atoms with van der Waals surface area (Å²) >= 11 is 0. The van der Waals surface area contributed by atoms with Crippen LogP contribution in [-0.4, -0.2) is 38.2 Å². The van der Waals surface area contributed by atoms with E-state index >= 15 is 0 Å². The molecule has 0 saturated carbocycles. The van der Waals surface area contributed by atoms with Crippen LogP contribution in [0.2, 0.25) is 0 Å². The summed E-state index contributed by atoms with van der Waals surface area (Å²) < 4.78 is 0. The van der Waals surface area contributed by atoms with Crippen LogP contribution < -0.4 is 0 Å². The molecule has 0 aliphatic rings. The molecule has 2 rings (SSSR count). The number of carbonyl (C=O) groups is 2. The lowest BCUT2D eigenvalue weighted by Gasteiger charge is -2.35. The summed E-state index contributed by atoms with van der Waals surface area (Å²) in [5.41, 5.74) is 0.261. The number of carboxylic acid groups (broad SMARTS) is 2. The molecule has 6 nitrogen and oxygen atoms in total. The number of carboxylic acids is 2. The molecule has 0 saturated heterocycles. The van der Waals surface area contributed by atoms with Crippen LogP contribution in [0.15, 0.2) is 60.7 Å². The molecule has 2 aromatic rings. The van der Waals surface area contributed by atoms with Crippen LogP contribution in [0, 0.1) is 5.41 Å². The van der Waals surface area contributed by atoms with Gasteiger partial charge in [-0.15, -0.1) is 0 Å². The van der Waals surface area contributed by atoms with Crippen LogP contribution in [0.3, 0.4) is 0 Å². The highest BCUT2D eigenvalue weighted by molar-refractivity contribution is 5.87. The Hall–Kier alpha value is -2.70. The second-order valence-corrected chi connectivity index (χ2v) is 7.00. The van der Waals surface area contributed by atoms with E-state index in [0.717, 1.165) is 12.8 Å². The maximum Gasteiger partial charge on any atom is 0.335 e. The summed E-state index contributed by atoms with van der Waals surface area (Å²) in [6.07, 6.45) is 1.81. The van der Waals surface area contributed by atoms with Crippen molar-refractivity contribution in [2.75, 3.05) is 0 Å². The molecule has 28 heavy (non-hydrogen) atoms. The van der Waals surface area contributed by atoms with E-state index in [9.17, 15) is 19.8 Å². The third-order valence-corrected chi connectivity index (χ3v) is 4.20. The van der Waals surface area contributed by atoms with Crippen molar-refractivity contribution in [1.82, 2.24) is 0 Å². The van der Waals surface area contributed by atoms with Gasteiger partial charge in [0.15, 0.2) is 5.79 Å². The summed E-state index contributed by atoms with van der Waals surface area (Å²) in [6, 6.07) is 16.6. The van der Waals surface area contributed by atoms with E-state index < -0.39 is 23.1 Å². The molecule has 0 fully saturated rings. The molecule has 6 heteroatoms. The first-order valence-corrected chi connectivity index (χ1v) is 8.93. The standard InChI is InChI=1S/C8H18O2.2C7H6O2/c1-5-6-7(2,3)8(4,9)10;2*8-7(9)6-4-2-1-3-5-6/h9-10H,5-6H2,1-4H3;2*1-5H,(H,8,9). The highest BCUT2D eigenvalue weighted by Crippen LogP contribution is 2.32. The molecule has 0 bridgehead atoms. The summed E-state index contributed by atoms with van der Waals surface area (Å²) in [5.74, 6) is -3.31. The molecule has 0 aliphatic carbocycles. The molecular formula is C22H30O6. The number of aliphatic hydroxyl groups is 2. The molecule has 0 heterocycles. The molecular weight excluding hydrogens is 360 g/mol. The van der Waals surface area contributed by atoms with Gasteiger partial charge >= 0.3 is 11.9 Å². The van der Waals surface area contributed by atoms with E-state index in [1.165, 1.54) is 6.92 Å². The summed E-state index contributed by atoms with van der Waals surface area (Å²) in [5, 5.41) is 35.2. The van der Waals surface area contributed by atoms with Crippen LogP contribution >= 0.6 is 0 Å². The summed E-state index contributed by atoms with van der Waals surface area (Å²) in [6.45, 7) is 7.18. The topological polar surface area (TPSA) is 115 Å². The number of hydrogen-bond donors (Lipinski definition) is 4. The average Bonchev–Trinajstić information content (AvgIpc) is 2.63. The van der Waals surface area contributed by atoms with E-state index in [-0.39, 0.29) is 0 Å². The monoisotopic (exact) mass is 390 g/mol. The van der Waals surface area contributed by atoms with Gasteiger partial charge in [-0.2, -0.15) is 0 Å². The second-order valence-electron chi connectivity index (χ2n) is 7.00. The number of hydrogen-bond acceptors (Lipinski definition) is 4. The first-order chi connectivity index (χ1) is 12.9. The molecule has 4 N–H and O–H groups in total. The maximum absolute atomic E-state index is 10.2. The second kappa shape index (κ2) is 11.9.